The summed E-state index contributed by atoms with van der Waals surface area (Å²) in [5, 5.41) is 4.15. The van der Waals surface area contributed by atoms with Gasteiger partial charge in [-0.2, -0.15) is 5.10 Å². The van der Waals surface area contributed by atoms with Crippen molar-refractivity contribution in [1.29, 1.82) is 0 Å². The van der Waals surface area contributed by atoms with E-state index < -0.39 is 10.0 Å². The second-order valence-electron chi connectivity index (χ2n) is 6.19. The molecule has 1 aliphatic heterocycles. The van der Waals surface area contributed by atoms with Crippen LogP contribution in [-0.4, -0.2) is 45.7 Å². The second kappa shape index (κ2) is 5.62. The topological polar surface area (TPSA) is 67.6 Å². The van der Waals surface area contributed by atoms with Gasteiger partial charge in [-0.1, -0.05) is 0 Å². The first-order valence-corrected chi connectivity index (χ1v) is 9.20. The monoisotopic (exact) mass is 322 g/mol. The van der Waals surface area contributed by atoms with Crippen LogP contribution >= 0.6 is 0 Å². The fraction of sp³-hybridized carbons (Fsp3) is 0.600. The maximum atomic E-state index is 12.2. The first kappa shape index (κ1) is 15.4. The Bertz CT molecular complexity index is 774. The predicted molar refractivity (Wildman–Crippen MR) is 85.3 cm³/mol. The fourth-order valence-corrected chi connectivity index (χ4v) is 4.36. The fourth-order valence-electron chi connectivity index (χ4n) is 3.04. The van der Waals surface area contributed by atoms with Crippen molar-refractivity contribution < 1.29 is 8.42 Å². The molecule has 1 saturated heterocycles. The zero-order valence-electron chi connectivity index (χ0n) is 13.2. The Morgan fingerprint density at radius 3 is 2.59 bits per heavy atom. The Hall–Kier alpha value is -1.47. The Morgan fingerprint density at radius 1 is 1.27 bits per heavy atom. The lowest BCUT2D eigenvalue weighted by atomic mass is 9.94. The molecule has 3 rings (SSSR count). The molecule has 0 aliphatic carbocycles. The van der Waals surface area contributed by atoms with Crippen LogP contribution in [0.1, 0.15) is 44.0 Å². The van der Waals surface area contributed by atoms with Gasteiger partial charge in [0.15, 0.2) is 5.65 Å². The maximum Gasteiger partial charge on any atom is 0.216 e. The molecule has 6 nitrogen and oxygen atoms in total. The smallest absolute Gasteiger partial charge is 0.216 e. The third kappa shape index (κ3) is 2.63. The normalized spacial score (nSPS) is 18.4. The Labute approximate surface area is 131 Å². The van der Waals surface area contributed by atoms with Crippen LogP contribution in [0.15, 0.2) is 18.3 Å². The molecule has 0 radical (unpaired) electrons. The molecule has 0 unspecified atom stereocenters. The molecular formula is C15H22N4O2S. The van der Waals surface area contributed by atoms with Crippen molar-refractivity contribution in [1.82, 2.24) is 18.9 Å². The quantitative estimate of drug-likeness (QED) is 0.866. The second-order valence-corrected chi connectivity index (χ2v) is 8.68. The maximum absolute atomic E-state index is 12.2. The van der Waals surface area contributed by atoms with E-state index in [2.05, 4.69) is 10.1 Å². The predicted octanol–water partition coefficient (Wildman–Crippen LogP) is 1.96. The highest BCUT2D eigenvalue weighted by Gasteiger charge is 2.31. The van der Waals surface area contributed by atoms with Gasteiger partial charge in [0.2, 0.25) is 10.0 Å². The van der Waals surface area contributed by atoms with Crippen molar-refractivity contribution in [2.45, 2.75) is 44.8 Å². The average molecular weight is 322 g/mol. The summed E-state index contributed by atoms with van der Waals surface area (Å²) in [5.74, 6) is 0.323. The van der Waals surface area contributed by atoms with Gasteiger partial charge in [-0.05, 0) is 39.7 Å². The van der Waals surface area contributed by atoms with Crippen LogP contribution in [0.25, 0.3) is 5.65 Å². The number of aryl methyl sites for hydroxylation is 1. The van der Waals surface area contributed by atoms with Gasteiger partial charge in [0.1, 0.15) is 0 Å². The molecule has 0 aromatic carbocycles. The minimum atomic E-state index is -3.15. The molecule has 3 heterocycles. The lowest BCUT2D eigenvalue weighted by Crippen LogP contribution is -2.41. The van der Waals surface area contributed by atoms with Crippen LogP contribution in [0.2, 0.25) is 0 Å². The van der Waals surface area contributed by atoms with Gasteiger partial charge >= 0.3 is 0 Å². The molecule has 0 spiro atoms. The molecule has 120 valence electrons. The van der Waals surface area contributed by atoms with E-state index in [1.165, 1.54) is 0 Å². The van der Waals surface area contributed by atoms with Crippen LogP contribution in [0.3, 0.4) is 0 Å². The number of hydrogen-bond donors (Lipinski definition) is 0. The zero-order valence-corrected chi connectivity index (χ0v) is 14.0. The lowest BCUT2D eigenvalue weighted by molar-refractivity contribution is 0.312. The SMILES string of the molecule is Cc1cc2nccc(C3CCN(S(=O)(=O)C(C)C)CC3)n2n1. The number of sulfonamides is 1. The molecule has 2 aromatic rings. The molecule has 2 aromatic heterocycles. The highest BCUT2D eigenvalue weighted by molar-refractivity contribution is 7.89. The largest absolute Gasteiger partial charge is 0.237 e. The highest BCUT2D eigenvalue weighted by Crippen LogP contribution is 2.29. The molecule has 7 heteroatoms. The molecule has 0 atom stereocenters. The molecule has 0 amide bonds. The lowest BCUT2D eigenvalue weighted by Gasteiger charge is -2.32. The minimum Gasteiger partial charge on any atom is -0.237 e. The summed E-state index contributed by atoms with van der Waals surface area (Å²) < 4.78 is 28.0. The number of nitrogens with zero attached hydrogens (tertiary/aromatic N) is 4. The van der Waals surface area contributed by atoms with Crippen molar-refractivity contribution in [2.24, 2.45) is 0 Å². The highest BCUT2D eigenvalue weighted by atomic mass is 32.2. The van der Waals surface area contributed by atoms with E-state index in [-0.39, 0.29) is 5.25 Å². The minimum absolute atomic E-state index is 0.323. The number of fused-ring (bicyclic) bond motifs is 1. The van der Waals surface area contributed by atoms with Crippen molar-refractivity contribution in [2.75, 3.05) is 13.1 Å². The third-order valence-electron chi connectivity index (χ3n) is 4.34. The van der Waals surface area contributed by atoms with E-state index in [0.717, 1.165) is 29.9 Å². The summed E-state index contributed by atoms with van der Waals surface area (Å²) in [4.78, 5) is 4.33. The van der Waals surface area contributed by atoms with Crippen LogP contribution in [-0.2, 0) is 10.0 Å². The van der Waals surface area contributed by atoms with Crippen molar-refractivity contribution >= 4 is 15.7 Å². The van der Waals surface area contributed by atoms with Gasteiger partial charge in [0, 0.05) is 37.0 Å². The molecular weight excluding hydrogens is 300 g/mol. The summed E-state index contributed by atoms with van der Waals surface area (Å²) in [6, 6.07) is 3.96. The molecule has 0 N–H and O–H groups in total. The van der Waals surface area contributed by atoms with E-state index in [9.17, 15) is 8.42 Å². The first-order chi connectivity index (χ1) is 10.4. The molecule has 1 aliphatic rings. The van der Waals surface area contributed by atoms with Gasteiger partial charge in [-0.15, -0.1) is 0 Å². The summed E-state index contributed by atoms with van der Waals surface area (Å²) in [7, 11) is -3.15. The molecule has 0 bridgehead atoms. The van der Waals surface area contributed by atoms with Gasteiger partial charge in [-0.3, -0.25) is 0 Å². The van der Waals surface area contributed by atoms with Gasteiger partial charge in [-0.25, -0.2) is 22.2 Å². The number of hydrogen-bond acceptors (Lipinski definition) is 4. The van der Waals surface area contributed by atoms with Crippen molar-refractivity contribution in [3.63, 3.8) is 0 Å². The summed E-state index contributed by atoms with van der Waals surface area (Å²) in [6.45, 7) is 6.58. The Kier molecular flexibility index (Phi) is 3.94. The van der Waals surface area contributed by atoms with E-state index in [1.807, 2.05) is 29.8 Å². The standard InChI is InChI=1S/C15H22N4O2S/c1-11(2)22(20,21)18-8-5-13(6-9-18)14-4-7-16-15-10-12(3)17-19(14)15/h4,7,10-11,13H,5-6,8-9H2,1-3H3. The summed E-state index contributed by atoms with van der Waals surface area (Å²) in [6.07, 6.45) is 3.46. The Morgan fingerprint density at radius 2 is 1.95 bits per heavy atom. The summed E-state index contributed by atoms with van der Waals surface area (Å²) in [5.41, 5.74) is 2.92. The van der Waals surface area contributed by atoms with Gasteiger partial charge < -0.3 is 0 Å². The molecule has 1 fully saturated rings. The number of piperidine rings is 1. The van der Waals surface area contributed by atoms with E-state index >= 15 is 0 Å². The van der Waals surface area contributed by atoms with Crippen molar-refractivity contribution in [3.05, 3.63) is 29.7 Å². The Balaban J connectivity index is 1.81. The van der Waals surface area contributed by atoms with Crippen LogP contribution in [0.4, 0.5) is 0 Å². The summed E-state index contributed by atoms with van der Waals surface area (Å²) >= 11 is 0. The zero-order chi connectivity index (χ0) is 15.9. The third-order valence-corrected chi connectivity index (χ3v) is 6.61. The van der Waals surface area contributed by atoms with E-state index in [0.29, 0.717) is 19.0 Å². The van der Waals surface area contributed by atoms with Crippen LogP contribution < -0.4 is 0 Å². The van der Waals surface area contributed by atoms with Gasteiger partial charge in [0.25, 0.3) is 0 Å². The number of aromatic nitrogens is 3. The van der Waals surface area contributed by atoms with E-state index in [4.69, 9.17) is 0 Å². The molecule has 22 heavy (non-hydrogen) atoms. The van der Waals surface area contributed by atoms with Gasteiger partial charge in [0.05, 0.1) is 10.9 Å². The van der Waals surface area contributed by atoms with Crippen LogP contribution in [0.5, 0.6) is 0 Å². The molecule has 0 saturated carbocycles. The van der Waals surface area contributed by atoms with E-state index in [1.54, 1.807) is 18.2 Å². The van der Waals surface area contributed by atoms with Crippen molar-refractivity contribution in [3.8, 4) is 0 Å². The average Bonchev–Trinajstić information content (AvgIpc) is 2.87. The number of rotatable bonds is 3. The van der Waals surface area contributed by atoms with Crippen LogP contribution in [0, 0.1) is 6.92 Å². The first-order valence-electron chi connectivity index (χ1n) is 7.70.